The van der Waals surface area contributed by atoms with E-state index in [1.165, 1.54) is 11.1 Å². The van der Waals surface area contributed by atoms with Crippen LogP contribution in [0.15, 0.2) is 30.3 Å². The maximum Gasteiger partial charge on any atom is 0.220 e. The van der Waals surface area contributed by atoms with Crippen LogP contribution < -0.4 is 5.32 Å². The second-order valence-corrected chi connectivity index (χ2v) is 9.65. The molecule has 32 heavy (non-hydrogen) atoms. The molecule has 6 nitrogen and oxygen atoms in total. The number of hydrogen-bond acceptors (Lipinski definition) is 4. The number of nitrogens with zero attached hydrogens (tertiary/aromatic N) is 4. The van der Waals surface area contributed by atoms with E-state index in [4.69, 9.17) is 10.1 Å². The molecule has 0 unspecified atom stereocenters. The zero-order chi connectivity index (χ0) is 22.2. The number of carbonyl (C=O) groups excluding carboxylic acids is 1. The van der Waals surface area contributed by atoms with Gasteiger partial charge in [0.05, 0.1) is 5.69 Å². The highest BCUT2D eigenvalue weighted by Crippen LogP contribution is 2.29. The predicted octanol–water partition coefficient (Wildman–Crippen LogP) is 3.86. The van der Waals surface area contributed by atoms with Crippen LogP contribution in [0.3, 0.4) is 0 Å². The number of fused-ring (bicyclic) bond motifs is 1. The molecule has 0 spiro atoms. The number of rotatable bonds is 7. The highest BCUT2D eigenvalue weighted by Gasteiger charge is 2.27. The van der Waals surface area contributed by atoms with Crippen LogP contribution in [0.4, 0.5) is 0 Å². The Morgan fingerprint density at radius 1 is 1.16 bits per heavy atom. The van der Waals surface area contributed by atoms with Gasteiger partial charge in [-0.05, 0) is 64.1 Å². The van der Waals surface area contributed by atoms with E-state index in [0.717, 1.165) is 67.2 Å². The molecule has 0 bridgehead atoms. The van der Waals surface area contributed by atoms with Gasteiger partial charge in [0.15, 0.2) is 5.65 Å². The fraction of sp³-hybridized carbons (Fsp3) is 0.500. The molecule has 1 N–H and O–H groups in total. The van der Waals surface area contributed by atoms with Gasteiger partial charge in [0.1, 0.15) is 0 Å². The molecular formula is C26H33N5O. The van der Waals surface area contributed by atoms with Crippen LogP contribution >= 0.6 is 0 Å². The van der Waals surface area contributed by atoms with Crippen LogP contribution in [0.5, 0.6) is 0 Å². The van der Waals surface area contributed by atoms with E-state index < -0.39 is 0 Å². The van der Waals surface area contributed by atoms with Crippen LogP contribution in [0.1, 0.15) is 65.4 Å². The van der Waals surface area contributed by atoms with Gasteiger partial charge in [-0.1, -0.05) is 29.8 Å². The minimum atomic E-state index is 0.146. The predicted molar refractivity (Wildman–Crippen MR) is 126 cm³/mol. The van der Waals surface area contributed by atoms with E-state index in [1.807, 2.05) is 11.4 Å². The minimum Gasteiger partial charge on any atom is -0.353 e. The number of likely N-dealkylation sites (tertiary alicyclic amines) is 1. The van der Waals surface area contributed by atoms with E-state index in [0.29, 0.717) is 24.8 Å². The maximum absolute atomic E-state index is 12.2. The Balaban J connectivity index is 1.29. The van der Waals surface area contributed by atoms with E-state index in [-0.39, 0.29) is 5.91 Å². The van der Waals surface area contributed by atoms with Gasteiger partial charge in [-0.15, -0.1) is 0 Å². The summed E-state index contributed by atoms with van der Waals surface area (Å²) in [7, 11) is 0. The summed E-state index contributed by atoms with van der Waals surface area (Å²) in [5, 5.41) is 8.04. The second-order valence-electron chi connectivity index (χ2n) is 9.65. The van der Waals surface area contributed by atoms with E-state index >= 15 is 0 Å². The van der Waals surface area contributed by atoms with Crippen molar-refractivity contribution in [1.82, 2.24) is 24.8 Å². The Kier molecular flexibility index (Phi) is 5.72. The summed E-state index contributed by atoms with van der Waals surface area (Å²) in [6, 6.07) is 11.4. The molecule has 1 amide bonds. The van der Waals surface area contributed by atoms with E-state index in [1.54, 1.807) is 0 Å². The first kappa shape index (κ1) is 21.1. The third kappa shape index (κ3) is 4.56. The van der Waals surface area contributed by atoms with Crippen molar-refractivity contribution in [2.75, 3.05) is 13.1 Å². The number of nitrogens with one attached hydrogen (secondary N) is 1. The molecule has 1 aliphatic heterocycles. The Labute approximate surface area is 190 Å². The van der Waals surface area contributed by atoms with Crippen LogP contribution in [0.25, 0.3) is 5.65 Å². The summed E-state index contributed by atoms with van der Waals surface area (Å²) >= 11 is 0. The second kappa shape index (κ2) is 8.66. The van der Waals surface area contributed by atoms with Gasteiger partial charge in [-0.3, -0.25) is 9.69 Å². The number of aromatic nitrogens is 3. The standard InChI is InChI=1S/C26H33N5O/c1-17-5-4-6-20(13-17)15-30-12-11-21(16-30)24-14-25-27-18(2)23(19(3)31(25)29-24)9-10-26(32)28-22-7-8-22/h4-6,13-14,21-22H,7-12,15-16H2,1-3H3,(H,28,32)/t21-/m1/s1. The van der Waals surface area contributed by atoms with E-state index in [2.05, 4.69) is 54.4 Å². The monoisotopic (exact) mass is 431 g/mol. The first-order valence-electron chi connectivity index (χ1n) is 11.9. The van der Waals surface area contributed by atoms with Gasteiger partial charge in [0.2, 0.25) is 5.91 Å². The minimum absolute atomic E-state index is 0.146. The Bertz CT molecular complexity index is 1150. The van der Waals surface area contributed by atoms with Crippen molar-refractivity contribution >= 4 is 11.6 Å². The normalized spacial score (nSPS) is 19.0. The third-order valence-corrected chi connectivity index (χ3v) is 6.91. The van der Waals surface area contributed by atoms with Gasteiger partial charge in [-0.2, -0.15) is 5.10 Å². The fourth-order valence-electron chi connectivity index (χ4n) is 4.96. The van der Waals surface area contributed by atoms with Crippen LogP contribution in [-0.4, -0.2) is 44.5 Å². The molecule has 2 fully saturated rings. The molecule has 1 saturated heterocycles. The van der Waals surface area contributed by atoms with Gasteiger partial charge in [-0.25, -0.2) is 9.50 Å². The lowest BCUT2D eigenvalue weighted by Gasteiger charge is -2.15. The Hall–Kier alpha value is -2.73. The summed E-state index contributed by atoms with van der Waals surface area (Å²) in [5.74, 6) is 0.584. The van der Waals surface area contributed by atoms with Crippen molar-refractivity contribution in [3.05, 3.63) is 64.1 Å². The zero-order valence-electron chi connectivity index (χ0n) is 19.4. The molecule has 3 aromatic rings. The molecule has 2 aliphatic rings. The van der Waals surface area contributed by atoms with Crippen LogP contribution in [0, 0.1) is 20.8 Å². The summed E-state index contributed by atoms with van der Waals surface area (Å²) in [6.07, 6.45) is 4.59. The van der Waals surface area contributed by atoms with Crippen molar-refractivity contribution in [3.8, 4) is 0 Å². The lowest BCUT2D eigenvalue weighted by atomic mass is 10.1. The lowest BCUT2D eigenvalue weighted by molar-refractivity contribution is -0.121. The van der Waals surface area contributed by atoms with Crippen molar-refractivity contribution in [1.29, 1.82) is 0 Å². The molecule has 1 aromatic carbocycles. The third-order valence-electron chi connectivity index (χ3n) is 6.91. The maximum atomic E-state index is 12.2. The zero-order valence-corrected chi connectivity index (χ0v) is 19.4. The van der Waals surface area contributed by atoms with Gasteiger partial charge in [0, 0.05) is 48.9 Å². The van der Waals surface area contributed by atoms with Gasteiger partial charge >= 0.3 is 0 Å². The van der Waals surface area contributed by atoms with Crippen molar-refractivity contribution in [2.24, 2.45) is 0 Å². The Morgan fingerprint density at radius 3 is 2.78 bits per heavy atom. The summed E-state index contributed by atoms with van der Waals surface area (Å²) < 4.78 is 1.99. The average Bonchev–Trinajstić information content (AvgIpc) is 3.26. The number of carbonyl (C=O) groups is 1. The highest BCUT2D eigenvalue weighted by molar-refractivity contribution is 5.76. The fourth-order valence-corrected chi connectivity index (χ4v) is 4.96. The van der Waals surface area contributed by atoms with Crippen molar-refractivity contribution in [2.45, 2.75) is 71.4 Å². The quantitative estimate of drug-likeness (QED) is 0.617. The van der Waals surface area contributed by atoms with Crippen molar-refractivity contribution < 1.29 is 4.79 Å². The summed E-state index contributed by atoms with van der Waals surface area (Å²) in [5.41, 5.74) is 8.00. The molecule has 1 aliphatic carbocycles. The molecule has 168 valence electrons. The molecule has 3 heterocycles. The number of hydrogen-bond donors (Lipinski definition) is 1. The smallest absolute Gasteiger partial charge is 0.220 e. The molecule has 5 rings (SSSR count). The Morgan fingerprint density at radius 2 is 2.00 bits per heavy atom. The number of aryl methyl sites for hydroxylation is 3. The molecule has 1 atom stereocenters. The van der Waals surface area contributed by atoms with E-state index in [9.17, 15) is 4.79 Å². The molecular weight excluding hydrogens is 398 g/mol. The highest BCUT2D eigenvalue weighted by atomic mass is 16.1. The number of amides is 1. The average molecular weight is 432 g/mol. The lowest BCUT2D eigenvalue weighted by Crippen LogP contribution is -2.25. The van der Waals surface area contributed by atoms with Crippen molar-refractivity contribution in [3.63, 3.8) is 0 Å². The summed E-state index contributed by atoms with van der Waals surface area (Å²) in [4.78, 5) is 19.5. The molecule has 2 aromatic heterocycles. The first-order chi connectivity index (χ1) is 15.5. The first-order valence-corrected chi connectivity index (χ1v) is 11.9. The molecule has 6 heteroatoms. The SMILES string of the molecule is Cc1cccc(CN2CC[C@@H](c3cc4nc(C)c(CCC(=O)NC5CC5)c(C)n4n3)C2)c1. The summed E-state index contributed by atoms with van der Waals surface area (Å²) in [6.45, 7) is 9.43. The number of benzene rings is 1. The van der Waals surface area contributed by atoms with Crippen LogP contribution in [0.2, 0.25) is 0 Å². The topological polar surface area (TPSA) is 62.5 Å². The molecule has 0 radical (unpaired) electrons. The van der Waals surface area contributed by atoms with Crippen LogP contribution in [-0.2, 0) is 17.8 Å². The van der Waals surface area contributed by atoms with Gasteiger partial charge < -0.3 is 5.32 Å². The molecule has 1 saturated carbocycles. The largest absolute Gasteiger partial charge is 0.353 e. The van der Waals surface area contributed by atoms with Gasteiger partial charge in [0.25, 0.3) is 0 Å².